The van der Waals surface area contributed by atoms with Gasteiger partial charge in [0.05, 0.1) is 27.0 Å². The predicted molar refractivity (Wildman–Crippen MR) is 91.5 cm³/mol. The summed E-state index contributed by atoms with van der Waals surface area (Å²) in [6.07, 6.45) is 0. The molecule has 0 aliphatic heterocycles. The van der Waals surface area contributed by atoms with E-state index < -0.39 is 0 Å². The van der Waals surface area contributed by atoms with Gasteiger partial charge in [-0.2, -0.15) is 0 Å². The van der Waals surface area contributed by atoms with E-state index in [9.17, 15) is 0 Å². The topological polar surface area (TPSA) is 40.6 Å². The van der Waals surface area contributed by atoms with Crippen molar-refractivity contribution in [2.45, 2.75) is 0 Å². The summed E-state index contributed by atoms with van der Waals surface area (Å²) < 4.78 is 16.1. The molecule has 0 bridgehead atoms. The molecule has 0 N–H and O–H groups in total. The number of hydrogen-bond donors (Lipinski definition) is 0. The molecule has 0 fully saturated rings. The fourth-order valence-corrected chi connectivity index (χ4v) is 3.10. The van der Waals surface area contributed by atoms with Gasteiger partial charge in [-0.05, 0) is 18.2 Å². The number of thiazole rings is 1. The zero-order chi connectivity index (χ0) is 16.2. The molecule has 0 saturated carbocycles. The van der Waals surface area contributed by atoms with E-state index in [1.807, 2.05) is 41.8 Å². The second-order valence-electron chi connectivity index (χ2n) is 4.73. The first-order chi connectivity index (χ1) is 11.3. The average Bonchev–Trinajstić information content (AvgIpc) is 3.11. The summed E-state index contributed by atoms with van der Waals surface area (Å²) in [4.78, 5) is 4.69. The maximum absolute atomic E-state index is 5.40. The number of aromatic nitrogens is 1. The lowest BCUT2D eigenvalue weighted by molar-refractivity contribution is 0.324. The highest BCUT2D eigenvalue weighted by Crippen LogP contribution is 2.41. The molecule has 0 spiro atoms. The summed E-state index contributed by atoms with van der Waals surface area (Å²) in [5, 5.41) is 2.94. The Hall–Kier alpha value is -2.53. The highest BCUT2D eigenvalue weighted by molar-refractivity contribution is 7.13. The summed E-state index contributed by atoms with van der Waals surface area (Å²) in [5.74, 6) is 1.80. The minimum Gasteiger partial charge on any atom is -0.493 e. The van der Waals surface area contributed by atoms with Crippen LogP contribution in [0.25, 0.3) is 21.8 Å². The Kier molecular flexibility index (Phi) is 4.48. The van der Waals surface area contributed by atoms with Crippen LogP contribution in [0.3, 0.4) is 0 Å². The molecule has 0 atom stereocenters. The Labute approximate surface area is 139 Å². The Morgan fingerprint density at radius 3 is 2.30 bits per heavy atom. The van der Waals surface area contributed by atoms with Crippen LogP contribution in [0.5, 0.6) is 17.2 Å². The molecular weight excluding hydrogens is 310 g/mol. The lowest BCUT2D eigenvalue weighted by Gasteiger charge is -2.13. The molecule has 1 heterocycles. The fraction of sp³-hybridized carbons (Fsp3) is 0.167. The van der Waals surface area contributed by atoms with Gasteiger partial charge in [0.2, 0.25) is 5.75 Å². The second kappa shape index (κ2) is 6.71. The first-order valence-corrected chi connectivity index (χ1v) is 7.87. The van der Waals surface area contributed by atoms with Gasteiger partial charge in [-0.1, -0.05) is 24.3 Å². The highest BCUT2D eigenvalue weighted by atomic mass is 32.1. The van der Waals surface area contributed by atoms with Crippen LogP contribution in [0.4, 0.5) is 0 Å². The quantitative estimate of drug-likeness (QED) is 0.701. The number of hydrogen-bond acceptors (Lipinski definition) is 5. The number of ether oxygens (including phenoxy) is 3. The van der Waals surface area contributed by atoms with Crippen molar-refractivity contribution < 1.29 is 14.2 Å². The van der Waals surface area contributed by atoms with E-state index in [1.54, 1.807) is 32.7 Å². The number of rotatable bonds is 5. The molecule has 23 heavy (non-hydrogen) atoms. The van der Waals surface area contributed by atoms with Crippen molar-refractivity contribution >= 4 is 11.3 Å². The minimum atomic E-state index is 0.575. The number of benzene rings is 2. The molecule has 5 heteroatoms. The van der Waals surface area contributed by atoms with Crippen LogP contribution in [-0.4, -0.2) is 26.3 Å². The molecule has 2 aromatic carbocycles. The first kappa shape index (κ1) is 15.4. The fourth-order valence-electron chi connectivity index (χ4n) is 2.29. The first-order valence-electron chi connectivity index (χ1n) is 6.99. The monoisotopic (exact) mass is 326 g/mol. The third-order valence-corrected chi connectivity index (χ3v) is 4.28. The van der Waals surface area contributed by atoms with E-state index in [2.05, 4.69) is 6.07 Å². The van der Waals surface area contributed by atoms with Crippen LogP contribution in [-0.2, 0) is 0 Å². The second-order valence-corrected chi connectivity index (χ2v) is 5.59. The van der Waals surface area contributed by atoms with E-state index in [0.717, 1.165) is 21.8 Å². The van der Waals surface area contributed by atoms with Crippen LogP contribution in [0.2, 0.25) is 0 Å². The van der Waals surface area contributed by atoms with Gasteiger partial charge in [-0.15, -0.1) is 11.3 Å². The van der Waals surface area contributed by atoms with Crippen molar-refractivity contribution in [2.75, 3.05) is 21.3 Å². The average molecular weight is 326 g/mol. The summed E-state index contributed by atoms with van der Waals surface area (Å²) in [6.45, 7) is 0. The van der Waals surface area contributed by atoms with E-state index >= 15 is 0 Å². The van der Waals surface area contributed by atoms with Crippen LogP contribution < -0.4 is 14.2 Å². The molecule has 3 aromatic rings. The Morgan fingerprint density at radius 1 is 1.00 bits per heavy atom. The van der Waals surface area contributed by atoms with Crippen LogP contribution in [0, 0.1) is 6.07 Å². The van der Waals surface area contributed by atoms with Gasteiger partial charge in [-0.3, -0.25) is 0 Å². The molecule has 1 aromatic heterocycles. The SMILES string of the molecule is COc1cc(-c2csc(-c3[c]cccc3)n2)cc(OC)c1OC. The zero-order valence-electron chi connectivity index (χ0n) is 13.1. The van der Waals surface area contributed by atoms with Gasteiger partial charge >= 0.3 is 0 Å². The molecule has 3 rings (SSSR count). The molecule has 0 unspecified atom stereocenters. The van der Waals surface area contributed by atoms with Gasteiger partial charge in [0.25, 0.3) is 0 Å². The maximum Gasteiger partial charge on any atom is 0.203 e. The number of nitrogens with zero attached hydrogens (tertiary/aromatic N) is 1. The molecule has 0 aliphatic carbocycles. The van der Waals surface area contributed by atoms with Crippen LogP contribution in [0.1, 0.15) is 0 Å². The normalized spacial score (nSPS) is 10.4. The minimum absolute atomic E-state index is 0.575. The molecule has 117 valence electrons. The predicted octanol–water partition coefficient (Wildman–Crippen LogP) is 4.30. The van der Waals surface area contributed by atoms with Gasteiger partial charge in [-0.25, -0.2) is 4.98 Å². The molecule has 0 saturated heterocycles. The van der Waals surface area contributed by atoms with Crippen molar-refractivity contribution in [2.24, 2.45) is 0 Å². The Morgan fingerprint density at radius 2 is 1.74 bits per heavy atom. The lowest BCUT2D eigenvalue weighted by Crippen LogP contribution is -1.95. The largest absolute Gasteiger partial charge is 0.493 e. The smallest absolute Gasteiger partial charge is 0.203 e. The summed E-state index contributed by atoms with van der Waals surface area (Å²) in [5.41, 5.74) is 2.76. The molecule has 0 aliphatic rings. The summed E-state index contributed by atoms with van der Waals surface area (Å²) in [7, 11) is 4.80. The van der Waals surface area contributed by atoms with Crippen molar-refractivity contribution in [3.05, 3.63) is 47.8 Å². The van der Waals surface area contributed by atoms with Crippen molar-refractivity contribution in [1.82, 2.24) is 4.98 Å². The summed E-state index contributed by atoms with van der Waals surface area (Å²) >= 11 is 1.58. The van der Waals surface area contributed by atoms with E-state index in [-0.39, 0.29) is 0 Å². The van der Waals surface area contributed by atoms with Crippen LogP contribution >= 0.6 is 11.3 Å². The van der Waals surface area contributed by atoms with Gasteiger partial charge < -0.3 is 14.2 Å². The van der Waals surface area contributed by atoms with Crippen molar-refractivity contribution in [3.8, 4) is 39.1 Å². The molecular formula is C18H16NO3S. The third-order valence-electron chi connectivity index (χ3n) is 3.40. The standard InChI is InChI=1S/C18H16NO3S/c1-20-15-9-13(10-16(21-2)17(15)22-3)14-11-23-18(19-14)12-7-5-4-6-8-12/h4-7,9-11H,1-3H3. The zero-order valence-corrected chi connectivity index (χ0v) is 13.9. The Bertz CT molecular complexity index is 774. The van der Waals surface area contributed by atoms with Crippen molar-refractivity contribution in [3.63, 3.8) is 0 Å². The van der Waals surface area contributed by atoms with Crippen molar-refractivity contribution in [1.29, 1.82) is 0 Å². The van der Waals surface area contributed by atoms with Gasteiger partial charge in [0, 0.05) is 16.5 Å². The molecule has 4 nitrogen and oxygen atoms in total. The van der Waals surface area contributed by atoms with E-state index in [0.29, 0.717) is 17.2 Å². The highest BCUT2D eigenvalue weighted by Gasteiger charge is 2.15. The number of methoxy groups -OCH3 is 3. The van der Waals surface area contributed by atoms with Gasteiger partial charge in [0.15, 0.2) is 11.5 Å². The Balaban J connectivity index is 2.04. The van der Waals surface area contributed by atoms with Gasteiger partial charge in [0.1, 0.15) is 5.01 Å². The van der Waals surface area contributed by atoms with E-state index in [4.69, 9.17) is 19.2 Å². The third kappa shape index (κ3) is 3.00. The maximum atomic E-state index is 5.40. The van der Waals surface area contributed by atoms with Crippen LogP contribution in [0.15, 0.2) is 41.8 Å². The lowest BCUT2D eigenvalue weighted by atomic mass is 10.1. The molecule has 0 amide bonds. The molecule has 1 radical (unpaired) electrons. The van der Waals surface area contributed by atoms with E-state index in [1.165, 1.54) is 0 Å². The summed E-state index contributed by atoms with van der Waals surface area (Å²) in [6, 6.07) is 14.8.